The first-order valence-corrected chi connectivity index (χ1v) is 11.4. The summed E-state index contributed by atoms with van der Waals surface area (Å²) in [4.78, 5) is 38.1. The highest BCUT2D eigenvalue weighted by atomic mass is 32.2. The minimum absolute atomic E-state index is 0.0408. The average molecular weight is 421 g/mol. The first-order chi connectivity index (χ1) is 13.9. The van der Waals surface area contributed by atoms with Crippen LogP contribution in [0.15, 0.2) is 18.2 Å². The van der Waals surface area contributed by atoms with E-state index in [4.69, 9.17) is 4.74 Å². The molecule has 160 valence electrons. The smallest absolute Gasteiger partial charge is 0.316 e. The molecule has 0 heterocycles. The van der Waals surface area contributed by atoms with Gasteiger partial charge in [-0.25, -0.2) is 0 Å². The summed E-state index contributed by atoms with van der Waals surface area (Å²) in [5.74, 6) is -0.502. The van der Waals surface area contributed by atoms with Crippen LogP contribution in [0, 0.1) is 6.92 Å². The van der Waals surface area contributed by atoms with Gasteiger partial charge >= 0.3 is 5.97 Å². The van der Waals surface area contributed by atoms with Gasteiger partial charge in [0.2, 0.25) is 5.91 Å². The van der Waals surface area contributed by atoms with Crippen molar-refractivity contribution in [3.63, 3.8) is 0 Å². The topological polar surface area (TPSA) is 75.7 Å². The van der Waals surface area contributed by atoms with Gasteiger partial charge in [-0.3, -0.25) is 14.4 Å². The third-order valence-electron chi connectivity index (χ3n) is 5.33. The van der Waals surface area contributed by atoms with E-state index >= 15 is 0 Å². The number of hydrogen-bond acceptors (Lipinski definition) is 5. The lowest BCUT2D eigenvalue weighted by Crippen LogP contribution is -2.39. The Labute approximate surface area is 177 Å². The maximum atomic E-state index is 12.3. The lowest BCUT2D eigenvalue weighted by atomic mass is 9.94. The van der Waals surface area contributed by atoms with Gasteiger partial charge in [0.15, 0.2) is 6.61 Å². The number of rotatable bonds is 9. The van der Waals surface area contributed by atoms with E-state index in [-0.39, 0.29) is 29.9 Å². The Morgan fingerprint density at radius 2 is 1.90 bits per heavy atom. The average Bonchev–Trinajstić information content (AvgIpc) is 2.73. The van der Waals surface area contributed by atoms with E-state index in [1.807, 2.05) is 44.0 Å². The van der Waals surface area contributed by atoms with Crippen LogP contribution in [0.5, 0.6) is 0 Å². The maximum absolute atomic E-state index is 12.3. The Morgan fingerprint density at radius 3 is 2.59 bits per heavy atom. The molecule has 1 aromatic carbocycles. The fraction of sp³-hybridized carbons (Fsp3) is 0.591. The summed E-state index contributed by atoms with van der Waals surface area (Å²) in [5, 5.41) is 2.83. The molecule has 1 aliphatic rings. The monoisotopic (exact) mass is 420 g/mol. The number of para-hydroxylation sites is 1. The van der Waals surface area contributed by atoms with Gasteiger partial charge in [0.1, 0.15) is 0 Å². The quantitative estimate of drug-likeness (QED) is 0.618. The SMILES string of the molecule is CCc1cccc(C)c1NC(=O)COC(=O)CSCC(=O)N(C)C1CCCCC1. The second kappa shape index (κ2) is 11.9. The van der Waals surface area contributed by atoms with Gasteiger partial charge in [0.25, 0.3) is 5.91 Å². The van der Waals surface area contributed by atoms with Crippen molar-refractivity contribution in [2.45, 2.75) is 58.4 Å². The number of carbonyl (C=O) groups excluding carboxylic acids is 3. The van der Waals surface area contributed by atoms with E-state index in [9.17, 15) is 14.4 Å². The van der Waals surface area contributed by atoms with Gasteiger partial charge in [-0.1, -0.05) is 44.4 Å². The molecular weight excluding hydrogens is 388 g/mol. The fourth-order valence-corrected chi connectivity index (χ4v) is 4.29. The van der Waals surface area contributed by atoms with Crippen LogP contribution in [0.2, 0.25) is 0 Å². The standard InChI is InChI=1S/C22H32N2O4S/c1-4-17-10-8-9-16(2)22(17)23-19(25)13-28-21(27)15-29-14-20(26)24(3)18-11-6-5-7-12-18/h8-10,18H,4-7,11-15H2,1-3H3,(H,23,25). The normalized spacial score (nSPS) is 14.3. The number of carbonyl (C=O) groups is 3. The summed E-state index contributed by atoms with van der Waals surface area (Å²) >= 11 is 1.23. The van der Waals surface area contributed by atoms with Gasteiger partial charge in [-0.05, 0) is 37.3 Å². The van der Waals surface area contributed by atoms with Gasteiger partial charge in [0, 0.05) is 18.8 Å². The van der Waals surface area contributed by atoms with Crippen molar-refractivity contribution < 1.29 is 19.1 Å². The van der Waals surface area contributed by atoms with E-state index in [1.165, 1.54) is 31.0 Å². The molecule has 0 bridgehead atoms. The molecule has 1 fully saturated rings. The van der Waals surface area contributed by atoms with Crippen molar-refractivity contribution in [2.24, 2.45) is 0 Å². The molecule has 2 rings (SSSR count). The fourth-order valence-electron chi connectivity index (χ4n) is 3.56. The molecule has 7 heteroatoms. The zero-order valence-corrected chi connectivity index (χ0v) is 18.5. The largest absolute Gasteiger partial charge is 0.455 e. The van der Waals surface area contributed by atoms with E-state index < -0.39 is 5.97 Å². The van der Waals surface area contributed by atoms with Crippen LogP contribution < -0.4 is 5.32 Å². The molecule has 0 spiro atoms. The number of amides is 2. The number of anilines is 1. The van der Waals surface area contributed by atoms with E-state index in [1.54, 1.807) is 0 Å². The maximum Gasteiger partial charge on any atom is 0.316 e. The van der Waals surface area contributed by atoms with Crippen molar-refractivity contribution in [1.82, 2.24) is 4.90 Å². The number of thioether (sulfide) groups is 1. The number of esters is 1. The number of aryl methyl sites for hydroxylation is 2. The van der Waals surface area contributed by atoms with Crippen LogP contribution in [-0.4, -0.2) is 53.9 Å². The van der Waals surface area contributed by atoms with Gasteiger partial charge < -0.3 is 15.0 Å². The molecule has 0 aromatic heterocycles. The predicted octanol–water partition coefficient (Wildman–Crippen LogP) is 3.56. The van der Waals surface area contributed by atoms with Gasteiger partial charge in [0.05, 0.1) is 11.5 Å². The molecular formula is C22H32N2O4S. The molecule has 1 saturated carbocycles. The summed E-state index contributed by atoms with van der Waals surface area (Å²) < 4.78 is 5.05. The molecule has 1 aromatic rings. The third-order valence-corrected chi connectivity index (χ3v) is 6.22. The zero-order chi connectivity index (χ0) is 21.2. The minimum atomic E-state index is -0.487. The predicted molar refractivity (Wildman–Crippen MR) is 117 cm³/mol. The van der Waals surface area contributed by atoms with E-state index in [0.29, 0.717) is 6.04 Å². The summed E-state index contributed by atoms with van der Waals surface area (Å²) in [6.07, 6.45) is 6.51. The number of hydrogen-bond donors (Lipinski definition) is 1. The summed E-state index contributed by atoms with van der Waals surface area (Å²) in [7, 11) is 1.84. The molecule has 0 saturated heterocycles. The van der Waals surface area contributed by atoms with E-state index in [0.717, 1.165) is 36.1 Å². The second-order valence-corrected chi connectivity index (χ2v) is 8.45. The van der Waals surface area contributed by atoms with Crippen LogP contribution in [0.3, 0.4) is 0 Å². The van der Waals surface area contributed by atoms with Gasteiger partial charge in [-0.15, -0.1) is 11.8 Å². The summed E-state index contributed by atoms with van der Waals surface area (Å²) in [6, 6.07) is 6.17. The van der Waals surface area contributed by atoms with Crippen LogP contribution >= 0.6 is 11.8 Å². The highest BCUT2D eigenvalue weighted by molar-refractivity contribution is 8.00. The lowest BCUT2D eigenvalue weighted by Gasteiger charge is -2.31. The first kappa shape index (κ1) is 23.3. The molecule has 0 atom stereocenters. The molecule has 29 heavy (non-hydrogen) atoms. The Hall–Kier alpha value is -2.02. The second-order valence-electron chi connectivity index (χ2n) is 7.46. The molecule has 1 aliphatic carbocycles. The van der Waals surface area contributed by atoms with Crippen molar-refractivity contribution in [3.8, 4) is 0 Å². The molecule has 0 radical (unpaired) electrons. The van der Waals surface area contributed by atoms with Gasteiger partial charge in [-0.2, -0.15) is 0 Å². The van der Waals surface area contributed by atoms with E-state index in [2.05, 4.69) is 5.32 Å². The van der Waals surface area contributed by atoms with Crippen molar-refractivity contribution in [3.05, 3.63) is 29.3 Å². The molecule has 1 N–H and O–H groups in total. The van der Waals surface area contributed by atoms with Crippen LogP contribution in [0.25, 0.3) is 0 Å². The zero-order valence-electron chi connectivity index (χ0n) is 17.7. The van der Waals surface area contributed by atoms with Crippen LogP contribution in [0.4, 0.5) is 5.69 Å². The Balaban J connectivity index is 1.68. The Morgan fingerprint density at radius 1 is 1.17 bits per heavy atom. The Kier molecular flexibility index (Phi) is 9.51. The lowest BCUT2D eigenvalue weighted by molar-refractivity contribution is -0.144. The molecule has 0 aliphatic heterocycles. The Bertz CT molecular complexity index is 717. The number of nitrogens with one attached hydrogen (secondary N) is 1. The number of nitrogens with zero attached hydrogens (tertiary/aromatic N) is 1. The molecule has 0 unspecified atom stereocenters. The van der Waals surface area contributed by atoms with Crippen LogP contribution in [-0.2, 0) is 25.5 Å². The highest BCUT2D eigenvalue weighted by Gasteiger charge is 2.22. The minimum Gasteiger partial charge on any atom is -0.455 e. The molecule has 2 amide bonds. The third kappa shape index (κ3) is 7.38. The molecule has 6 nitrogen and oxygen atoms in total. The van der Waals surface area contributed by atoms with Crippen molar-refractivity contribution in [2.75, 3.05) is 30.5 Å². The first-order valence-electron chi connectivity index (χ1n) is 10.3. The van der Waals surface area contributed by atoms with Crippen LogP contribution in [0.1, 0.15) is 50.2 Å². The highest BCUT2D eigenvalue weighted by Crippen LogP contribution is 2.22. The van der Waals surface area contributed by atoms with Crippen molar-refractivity contribution in [1.29, 1.82) is 0 Å². The summed E-state index contributed by atoms with van der Waals surface area (Å²) in [5.41, 5.74) is 2.79. The summed E-state index contributed by atoms with van der Waals surface area (Å²) in [6.45, 7) is 3.63. The number of benzene rings is 1. The number of ether oxygens (including phenoxy) is 1. The van der Waals surface area contributed by atoms with Crippen molar-refractivity contribution >= 4 is 35.2 Å².